The molecular weight excluding hydrogens is 454 g/mol. The molecule has 0 heterocycles. The Morgan fingerprint density at radius 3 is 2.00 bits per heavy atom. The van der Waals surface area contributed by atoms with E-state index >= 15 is 0 Å². The third-order valence-electron chi connectivity index (χ3n) is 1.55. The van der Waals surface area contributed by atoms with Crippen LogP contribution < -0.4 is 0 Å². The van der Waals surface area contributed by atoms with Crippen molar-refractivity contribution in [3.05, 3.63) is 47.1 Å². The largest absolute Gasteiger partial charge is 0.126 e. The molecule has 1 rings (SSSR count). The summed E-state index contributed by atoms with van der Waals surface area (Å²) in [5, 5.41) is 0.942. The van der Waals surface area contributed by atoms with Gasteiger partial charge < -0.3 is 0 Å². The third kappa shape index (κ3) is 5.35. The van der Waals surface area contributed by atoms with Crippen molar-refractivity contribution in [2.24, 2.45) is 0 Å². The van der Waals surface area contributed by atoms with Gasteiger partial charge in [0.2, 0.25) is 0 Å². The number of thioether (sulfide) groups is 1. The summed E-state index contributed by atoms with van der Waals surface area (Å²) in [6, 6.07) is 7.41. The molecule has 7 heteroatoms. The fourth-order valence-corrected chi connectivity index (χ4v) is 3.50. The number of benzene rings is 1. The summed E-state index contributed by atoms with van der Waals surface area (Å²) in [6.45, 7) is 0. The molecule has 0 saturated carbocycles. The lowest BCUT2D eigenvalue weighted by Crippen LogP contribution is -1.77. The van der Waals surface area contributed by atoms with Gasteiger partial charge in [-0.2, -0.15) is 0 Å². The molecule has 1 aromatic carbocycles. The van der Waals surface area contributed by atoms with E-state index in [0.717, 1.165) is 8.71 Å². The maximum atomic E-state index is 5.90. The van der Waals surface area contributed by atoms with E-state index in [4.69, 9.17) is 46.4 Å². The molecule has 0 aromatic heterocycles. The van der Waals surface area contributed by atoms with E-state index in [1.165, 1.54) is 11.8 Å². The lowest BCUT2D eigenvalue weighted by atomic mass is 10.4. The van der Waals surface area contributed by atoms with E-state index < -0.39 is 0 Å². The minimum atomic E-state index is 0.00666. The van der Waals surface area contributed by atoms with E-state index in [9.17, 15) is 0 Å². The Morgan fingerprint density at radius 2 is 1.53 bits per heavy atom. The third-order valence-corrected chi connectivity index (χ3v) is 6.34. The molecular formula is C10H4Br2Cl4S. The van der Waals surface area contributed by atoms with Crippen LogP contribution in [0.3, 0.4) is 0 Å². The molecule has 0 amide bonds. The summed E-state index contributed by atoms with van der Waals surface area (Å²) in [5.41, 5.74) is 0. The van der Waals surface area contributed by atoms with Crippen molar-refractivity contribution in [2.75, 3.05) is 0 Å². The molecule has 0 aliphatic carbocycles. The standard InChI is InChI=1S/C10H4Br2Cl4S/c11-7(8(14)10(15)16)9(12)17-6-3-1-5(13)2-4-6/h1-4H/b9-7+. The van der Waals surface area contributed by atoms with Gasteiger partial charge in [0.15, 0.2) is 0 Å². The van der Waals surface area contributed by atoms with Crippen LogP contribution in [0.2, 0.25) is 5.02 Å². The highest BCUT2D eigenvalue weighted by Crippen LogP contribution is 2.41. The Morgan fingerprint density at radius 1 is 1.00 bits per heavy atom. The topological polar surface area (TPSA) is 0 Å². The van der Waals surface area contributed by atoms with Gasteiger partial charge in [-0.1, -0.05) is 58.2 Å². The second-order valence-corrected chi connectivity index (χ2v) is 7.68. The lowest BCUT2D eigenvalue weighted by Gasteiger charge is -2.04. The van der Waals surface area contributed by atoms with Crippen LogP contribution in [-0.2, 0) is 0 Å². The average molecular weight is 458 g/mol. The minimum absolute atomic E-state index is 0.00666. The Balaban J connectivity index is 2.92. The van der Waals surface area contributed by atoms with Crippen molar-refractivity contribution in [3.63, 3.8) is 0 Å². The van der Waals surface area contributed by atoms with Gasteiger partial charge in [-0.3, -0.25) is 0 Å². The van der Waals surface area contributed by atoms with Crippen LogP contribution in [0.1, 0.15) is 0 Å². The second-order valence-electron chi connectivity index (χ2n) is 2.72. The highest BCUT2D eigenvalue weighted by atomic mass is 79.9. The van der Waals surface area contributed by atoms with Gasteiger partial charge in [-0.15, -0.1) is 0 Å². The van der Waals surface area contributed by atoms with Crippen LogP contribution in [0.15, 0.2) is 47.0 Å². The van der Waals surface area contributed by atoms with Crippen molar-refractivity contribution in [3.8, 4) is 0 Å². The van der Waals surface area contributed by atoms with E-state index in [1.807, 2.05) is 24.3 Å². The highest BCUT2D eigenvalue weighted by Gasteiger charge is 2.10. The smallest absolute Gasteiger partial charge is 0.0843 e. The molecule has 0 aliphatic heterocycles. The van der Waals surface area contributed by atoms with Crippen LogP contribution in [0.25, 0.3) is 0 Å². The Hall–Kier alpha value is 1.17. The second kappa shape index (κ2) is 7.68. The summed E-state index contributed by atoms with van der Waals surface area (Å²) >= 11 is 31.0. The zero-order valence-corrected chi connectivity index (χ0v) is 15.0. The van der Waals surface area contributed by atoms with Gasteiger partial charge in [-0.25, -0.2) is 0 Å². The molecule has 0 saturated heterocycles. The molecule has 17 heavy (non-hydrogen) atoms. The monoisotopic (exact) mass is 454 g/mol. The molecule has 0 unspecified atom stereocenters. The van der Waals surface area contributed by atoms with E-state index in [2.05, 4.69) is 31.9 Å². The summed E-state index contributed by atoms with van der Waals surface area (Å²) in [4.78, 5) is 1.01. The highest BCUT2D eigenvalue weighted by molar-refractivity contribution is 9.15. The molecule has 0 atom stereocenters. The van der Waals surface area contributed by atoms with Crippen LogP contribution in [0.4, 0.5) is 0 Å². The first-order valence-corrected chi connectivity index (χ1v) is 8.03. The Bertz CT molecular complexity index is 464. The first kappa shape index (κ1) is 16.2. The Labute approximate surface area is 141 Å². The molecule has 0 N–H and O–H groups in total. The zero-order chi connectivity index (χ0) is 13.0. The number of hydrogen-bond donors (Lipinski definition) is 0. The first-order valence-electron chi connectivity index (χ1n) is 4.11. The predicted molar refractivity (Wildman–Crippen MR) is 86.8 cm³/mol. The minimum Gasteiger partial charge on any atom is -0.0843 e. The molecule has 0 fully saturated rings. The fourth-order valence-electron chi connectivity index (χ4n) is 0.820. The SMILES string of the molecule is ClC(Cl)=C(Cl)/C(Br)=C(/Br)Sc1ccc(Cl)cc1. The molecule has 92 valence electrons. The molecule has 0 bridgehead atoms. The molecule has 0 nitrogen and oxygen atoms in total. The normalized spacial score (nSPS) is 12.1. The summed E-state index contributed by atoms with van der Waals surface area (Å²) in [5.74, 6) is 0. The van der Waals surface area contributed by atoms with E-state index in [-0.39, 0.29) is 9.52 Å². The van der Waals surface area contributed by atoms with Gasteiger partial charge in [0.05, 0.1) is 13.3 Å². The van der Waals surface area contributed by atoms with Gasteiger partial charge >= 0.3 is 0 Å². The predicted octanol–water partition coefficient (Wildman–Crippen LogP) is 7.28. The Kier molecular flexibility index (Phi) is 7.33. The van der Waals surface area contributed by atoms with Crippen molar-refractivity contribution < 1.29 is 0 Å². The summed E-state index contributed by atoms with van der Waals surface area (Å²) < 4.78 is 1.37. The van der Waals surface area contributed by atoms with Gasteiger partial charge in [0.1, 0.15) is 4.49 Å². The maximum Gasteiger partial charge on any atom is 0.126 e. The first-order chi connectivity index (χ1) is 7.91. The molecule has 0 radical (unpaired) electrons. The average Bonchev–Trinajstić information content (AvgIpc) is 2.30. The summed E-state index contributed by atoms with van der Waals surface area (Å²) in [6.07, 6.45) is 0. The van der Waals surface area contributed by atoms with Crippen molar-refractivity contribution in [1.82, 2.24) is 0 Å². The maximum absolute atomic E-state index is 5.90. The van der Waals surface area contributed by atoms with Crippen LogP contribution >= 0.6 is 90.0 Å². The fraction of sp³-hybridized carbons (Fsp3) is 0. The number of hydrogen-bond acceptors (Lipinski definition) is 1. The van der Waals surface area contributed by atoms with Gasteiger partial charge in [0, 0.05) is 9.92 Å². The summed E-state index contributed by atoms with van der Waals surface area (Å²) in [7, 11) is 0. The van der Waals surface area contributed by atoms with Gasteiger partial charge in [0.25, 0.3) is 0 Å². The molecule has 0 aliphatic rings. The quantitative estimate of drug-likeness (QED) is 0.339. The van der Waals surface area contributed by atoms with Crippen LogP contribution in [0, 0.1) is 0 Å². The van der Waals surface area contributed by atoms with Gasteiger partial charge in [-0.05, 0) is 56.1 Å². The number of allylic oxidation sites excluding steroid dienone is 2. The lowest BCUT2D eigenvalue weighted by molar-refractivity contribution is 1.47. The number of rotatable bonds is 3. The molecule has 1 aromatic rings. The van der Waals surface area contributed by atoms with Crippen molar-refractivity contribution in [1.29, 1.82) is 0 Å². The molecule has 0 spiro atoms. The van der Waals surface area contributed by atoms with E-state index in [0.29, 0.717) is 9.51 Å². The van der Waals surface area contributed by atoms with Crippen LogP contribution in [-0.4, -0.2) is 0 Å². The zero-order valence-electron chi connectivity index (χ0n) is 7.99. The van der Waals surface area contributed by atoms with Crippen molar-refractivity contribution in [2.45, 2.75) is 4.90 Å². The van der Waals surface area contributed by atoms with Crippen molar-refractivity contribution >= 4 is 90.0 Å². The van der Waals surface area contributed by atoms with E-state index in [1.54, 1.807) is 0 Å². The number of halogens is 6. The van der Waals surface area contributed by atoms with Crippen LogP contribution in [0.5, 0.6) is 0 Å².